The molecule has 0 unspecified atom stereocenters. The van der Waals surface area contributed by atoms with Crippen molar-refractivity contribution in [3.05, 3.63) is 66.2 Å². The zero-order chi connectivity index (χ0) is 16.5. The van der Waals surface area contributed by atoms with Crippen LogP contribution in [0.2, 0.25) is 0 Å². The van der Waals surface area contributed by atoms with Gasteiger partial charge in [0.05, 0.1) is 23.4 Å². The van der Waals surface area contributed by atoms with Gasteiger partial charge in [-0.15, -0.1) is 0 Å². The Balaban J connectivity index is 1.96. The SMILES string of the molecule is Cn1c(-c2ccccc2)c(/N=N/c2scc[n+]2C)c2ccccc21. The van der Waals surface area contributed by atoms with Crippen molar-refractivity contribution in [2.24, 2.45) is 24.3 Å². The van der Waals surface area contributed by atoms with Crippen molar-refractivity contribution < 1.29 is 4.57 Å². The van der Waals surface area contributed by atoms with Gasteiger partial charge in [-0.2, -0.15) is 0 Å². The molecule has 0 fully saturated rings. The second-order valence-electron chi connectivity index (χ2n) is 5.64. The zero-order valence-corrected chi connectivity index (χ0v) is 14.4. The Bertz CT molecular complexity index is 1030. The van der Waals surface area contributed by atoms with Gasteiger partial charge in [-0.25, -0.2) is 4.57 Å². The van der Waals surface area contributed by atoms with E-state index in [0.717, 1.165) is 33.0 Å². The van der Waals surface area contributed by atoms with Crippen LogP contribution in [0.4, 0.5) is 10.8 Å². The zero-order valence-electron chi connectivity index (χ0n) is 13.5. The molecule has 0 spiro atoms. The number of hydrogen-bond donors (Lipinski definition) is 0. The van der Waals surface area contributed by atoms with E-state index in [1.54, 1.807) is 11.3 Å². The summed E-state index contributed by atoms with van der Waals surface area (Å²) in [5, 5.41) is 13.1. The summed E-state index contributed by atoms with van der Waals surface area (Å²) in [6.07, 6.45) is 1.99. The number of benzene rings is 2. The van der Waals surface area contributed by atoms with Gasteiger partial charge in [-0.05, 0) is 22.5 Å². The summed E-state index contributed by atoms with van der Waals surface area (Å²) < 4.78 is 4.16. The molecule has 2 aromatic carbocycles. The summed E-state index contributed by atoms with van der Waals surface area (Å²) in [5.41, 5.74) is 4.29. The van der Waals surface area contributed by atoms with Crippen molar-refractivity contribution in [3.63, 3.8) is 0 Å². The van der Waals surface area contributed by atoms with Crippen LogP contribution in [-0.4, -0.2) is 4.57 Å². The van der Waals surface area contributed by atoms with E-state index in [-0.39, 0.29) is 0 Å². The quantitative estimate of drug-likeness (QED) is 0.367. The monoisotopic (exact) mass is 333 g/mol. The van der Waals surface area contributed by atoms with E-state index in [2.05, 4.69) is 52.2 Å². The fourth-order valence-electron chi connectivity index (χ4n) is 2.92. The van der Waals surface area contributed by atoms with Crippen molar-refractivity contribution in [2.75, 3.05) is 0 Å². The fraction of sp³-hybridized carbons (Fsp3) is 0.105. The second kappa shape index (κ2) is 6.02. The molecule has 0 aliphatic heterocycles. The molecular formula is C19H17N4S+. The Morgan fingerprint density at radius 3 is 2.46 bits per heavy atom. The Morgan fingerprint density at radius 2 is 1.71 bits per heavy atom. The predicted molar refractivity (Wildman–Crippen MR) is 98.0 cm³/mol. The van der Waals surface area contributed by atoms with Gasteiger partial charge in [0.25, 0.3) is 0 Å². The molecular weight excluding hydrogens is 316 g/mol. The highest BCUT2D eigenvalue weighted by Crippen LogP contribution is 2.40. The Morgan fingerprint density at radius 1 is 0.958 bits per heavy atom. The molecule has 0 aliphatic rings. The lowest BCUT2D eigenvalue weighted by Gasteiger charge is -2.04. The highest BCUT2D eigenvalue weighted by atomic mass is 32.1. The van der Waals surface area contributed by atoms with Crippen LogP contribution in [0.5, 0.6) is 0 Å². The normalized spacial score (nSPS) is 11.6. The molecule has 24 heavy (non-hydrogen) atoms. The van der Waals surface area contributed by atoms with Gasteiger partial charge in [0.2, 0.25) is 0 Å². The van der Waals surface area contributed by atoms with E-state index in [1.165, 1.54) is 0 Å². The van der Waals surface area contributed by atoms with Gasteiger partial charge >= 0.3 is 5.13 Å². The maximum Gasteiger partial charge on any atom is 0.408 e. The molecule has 0 saturated heterocycles. The lowest BCUT2D eigenvalue weighted by Crippen LogP contribution is -2.23. The van der Waals surface area contributed by atoms with Crippen LogP contribution in [-0.2, 0) is 14.1 Å². The van der Waals surface area contributed by atoms with Gasteiger partial charge in [0.15, 0.2) is 0 Å². The Kier molecular flexibility index (Phi) is 3.70. The third-order valence-electron chi connectivity index (χ3n) is 4.12. The lowest BCUT2D eigenvalue weighted by molar-refractivity contribution is -0.654. The van der Waals surface area contributed by atoms with Crippen molar-refractivity contribution in [2.45, 2.75) is 0 Å². The molecule has 2 aromatic heterocycles. The lowest BCUT2D eigenvalue weighted by atomic mass is 10.1. The standard InChI is InChI=1S/C19H17N4S/c1-22-12-13-24-19(22)21-20-17-15-10-6-7-11-16(15)23(2)18(17)14-8-4-3-5-9-14/h3-13H,1-2H3/q+1. The Hall–Kier alpha value is -2.79. The maximum atomic E-state index is 4.63. The van der Waals surface area contributed by atoms with Crippen LogP contribution in [0.1, 0.15) is 0 Å². The van der Waals surface area contributed by atoms with Crippen LogP contribution < -0.4 is 4.57 Å². The fourth-order valence-corrected chi connectivity index (χ4v) is 3.60. The van der Waals surface area contributed by atoms with Crippen molar-refractivity contribution in [1.82, 2.24) is 4.57 Å². The summed E-state index contributed by atoms with van der Waals surface area (Å²) in [4.78, 5) is 0. The summed E-state index contributed by atoms with van der Waals surface area (Å²) in [5.74, 6) is 0. The van der Waals surface area contributed by atoms with Crippen LogP contribution in [0.3, 0.4) is 0 Å². The molecule has 2 heterocycles. The van der Waals surface area contributed by atoms with Crippen LogP contribution in [0, 0.1) is 0 Å². The molecule has 5 heteroatoms. The smallest absolute Gasteiger partial charge is 0.342 e. The molecule has 0 radical (unpaired) electrons. The number of thiazole rings is 1. The molecule has 0 N–H and O–H groups in total. The number of rotatable bonds is 3. The van der Waals surface area contributed by atoms with Gasteiger partial charge in [-0.1, -0.05) is 48.5 Å². The van der Waals surface area contributed by atoms with Gasteiger partial charge < -0.3 is 4.57 Å². The van der Waals surface area contributed by atoms with E-state index in [9.17, 15) is 0 Å². The first-order valence-corrected chi connectivity index (χ1v) is 8.61. The van der Waals surface area contributed by atoms with Crippen LogP contribution in [0.25, 0.3) is 22.2 Å². The molecule has 4 nitrogen and oxygen atoms in total. The number of nitrogens with zero attached hydrogens (tertiary/aromatic N) is 4. The van der Waals surface area contributed by atoms with E-state index >= 15 is 0 Å². The second-order valence-corrected chi connectivity index (χ2v) is 6.51. The van der Waals surface area contributed by atoms with E-state index in [1.807, 2.05) is 47.5 Å². The summed E-state index contributed by atoms with van der Waals surface area (Å²) in [6.45, 7) is 0. The van der Waals surface area contributed by atoms with Gasteiger partial charge in [0, 0.05) is 23.4 Å². The van der Waals surface area contributed by atoms with E-state index < -0.39 is 0 Å². The summed E-state index contributed by atoms with van der Waals surface area (Å²) >= 11 is 1.58. The average molecular weight is 333 g/mol. The number of aromatic nitrogens is 2. The highest BCUT2D eigenvalue weighted by Gasteiger charge is 2.18. The molecule has 0 saturated carbocycles. The van der Waals surface area contributed by atoms with Crippen molar-refractivity contribution in [1.29, 1.82) is 0 Å². The van der Waals surface area contributed by atoms with Crippen molar-refractivity contribution in [3.8, 4) is 11.3 Å². The van der Waals surface area contributed by atoms with Gasteiger partial charge in [0.1, 0.15) is 11.9 Å². The molecule has 4 rings (SSSR count). The molecule has 0 bridgehead atoms. The number of hydrogen-bond acceptors (Lipinski definition) is 3. The van der Waals surface area contributed by atoms with E-state index in [4.69, 9.17) is 0 Å². The third-order valence-corrected chi connectivity index (χ3v) is 4.96. The summed E-state index contributed by atoms with van der Waals surface area (Å²) in [6, 6.07) is 18.7. The number of aryl methyl sites for hydroxylation is 2. The third kappa shape index (κ3) is 2.43. The topological polar surface area (TPSA) is 33.5 Å². The largest absolute Gasteiger partial charge is 0.408 e. The minimum Gasteiger partial charge on any atom is -0.342 e. The first-order chi connectivity index (χ1) is 11.8. The molecule has 0 aliphatic carbocycles. The molecule has 4 aromatic rings. The molecule has 0 atom stereocenters. The predicted octanol–water partition coefficient (Wildman–Crippen LogP) is 5.15. The first kappa shape index (κ1) is 14.8. The van der Waals surface area contributed by atoms with Gasteiger partial charge in [-0.3, -0.25) is 0 Å². The minimum absolute atomic E-state index is 0.877. The number of azo groups is 1. The van der Waals surface area contributed by atoms with Crippen LogP contribution in [0.15, 0.2) is 76.4 Å². The van der Waals surface area contributed by atoms with E-state index in [0.29, 0.717) is 0 Å². The maximum absolute atomic E-state index is 4.63. The number of fused-ring (bicyclic) bond motifs is 1. The first-order valence-electron chi connectivity index (χ1n) is 7.73. The average Bonchev–Trinajstić information content (AvgIpc) is 3.15. The highest BCUT2D eigenvalue weighted by molar-refractivity contribution is 7.12. The van der Waals surface area contributed by atoms with Crippen molar-refractivity contribution >= 4 is 33.1 Å². The molecule has 118 valence electrons. The Labute approximate surface area is 144 Å². The van der Waals surface area contributed by atoms with Crippen LogP contribution >= 0.6 is 11.3 Å². The summed E-state index contributed by atoms with van der Waals surface area (Å²) in [7, 11) is 4.06. The number of para-hydroxylation sites is 1. The minimum atomic E-state index is 0.877. The molecule has 0 amide bonds.